The zero-order valence-electron chi connectivity index (χ0n) is 14.9. The largest absolute Gasteiger partial charge is 0.348 e. The second kappa shape index (κ2) is 6.20. The number of benzene rings is 2. The summed E-state index contributed by atoms with van der Waals surface area (Å²) >= 11 is 0. The molecular weight excluding hydrogens is 364 g/mol. The van der Waals surface area contributed by atoms with E-state index in [0.717, 1.165) is 0 Å². The summed E-state index contributed by atoms with van der Waals surface area (Å²) in [7, 11) is -3.11. The maximum atomic E-state index is 12.8. The van der Waals surface area contributed by atoms with Crippen molar-refractivity contribution in [2.45, 2.75) is 25.4 Å². The predicted octanol–water partition coefficient (Wildman–Crippen LogP) is 1.85. The summed E-state index contributed by atoms with van der Waals surface area (Å²) in [6, 6.07) is 14.4. The lowest BCUT2D eigenvalue weighted by Gasteiger charge is -2.25. The van der Waals surface area contributed by atoms with Gasteiger partial charge in [0.05, 0.1) is 28.1 Å². The van der Waals surface area contributed by atoms with Crippen molar-refractivity contribution in [3.8, 4) is 0 Å². The molecule has 0 saturated carbocycles. The summed E-state index contributed by atoms with van der Waals surface area (Å²) in [6.45, 7) is 1.77. The van der Waals surface area contributed by atoms with Crippen LogP contribution in [0.1, 0.15) is 13.3 Å². The van der Waals surface area contributed by atoms with Gasteiger partial charge in [-0.25, -0.2) is 8.42 Å². The van der Waals surface area contributed by atoms with Gasteiger partial charge in [-0.2, -0.15) is 0 Å². The van der Waals surface area contributed by atoms with Crippen LogP contribution in [-0.4, -0.2) is 35.9 Å². The van der Waals surface area contributed by atoms with Crippen molar-refractivity contribution in [1.29, 1.82) is 0 Å². The summed E-state index contributed by atoms with van der Waals surface area (Å²) < 4.78 is 25.4. The number of sulfone groups is 1. The number of rotatable bonds is 3. The Kier molecular flexibility index (Phi) is 4.07. The zero-order chi connectivity index (χ0) is 19.2. The molecule has 1 aliphatic heterocycles. The lowest BCUT2D eigenvalue weighted by molar-refractivity contribution is -0.123. The first-order valence-corrected chi connectivity index (χ1v) is 10.6. The third-order valence-corrected chi connectivity index (χ3v) is 7.03. The van der Waals surface area contributed by atoms with Gasteiger partial charge in [0.1, 0.15) is 6.54 Å². The van der Waals surface area contributed by atoms with Crippen LogP contribution in [0.2, 0.25) is 0 Å². The van der Waals surface area contributed by atoms with E-state index < -0.39 is 15.4 Å². The monoisotopic (exact) mass is 384 g/mol. The Balaban J connectivity index is 1.76. The van der Waals surface area contributed by atoms with E-state index in [0.29, 0.717) is 28.2 Å². The Hall–Kier alpha value is -2.67. The van der Waals surface area contributed by atoms with E-state index in [1.807, 2.05) is 28.8 Å². The number of nitrogens with zero attached hydrogens (tertiary/aromatic N) is 1. The van der Waals surface area contributed by atoms with E-state index in [1.165, 1.54) is 0 Å². The van der Waals surface area contributed by atoms with Crippen molar-refractivity contribution in [2.24, 2.45) is 0 Å². The highest BCUT2D eigenvalue weighted by molar-refractivity contribution is 7.91. The molecule has 7 heteroatoms. The number of pyridine rings is 1. The first kappa shape index (κ1) is 17.7. The Morgan fingerprint density at radius 1 is 1.07 bits per heavy atom. The van der Waals surface area contributed by atoms with Gasteiger partial charge in [0.15, 0.2) is 15.3 Å². The molecule has 0 spiro atoms. The molecule has 140 valence electrons. The number of hydrogen-bond acceptors (Lipinski definition) is 4. The standard InChI is InChI=1S/C20H20N2O4S/c1-20(10-11-27(25,26)13-20)21-18(23)12-22-16-8-4-2-6-14(16)19(24)15-7-3-5-9-17(15)22/h2-9H,10-13H2,1H3,(H,21,23). The van der Waals surface area contributed by atoms with Gasteiger partial charge in [-0.3, -0.25) is 9.59 Å². The molecule has 0 aliphatic carbocycles. The molecule has 2 heterocycles. The number of carbonyl (C=O) groups is 1. The number of nitrogens with one attached hydrogen (secondary N) is 1. The van der Waals surface area contributed by atoms with Crippen LogP contribution in [0.25, 0.3) is 21.8 Å². The summed E-state index contributed by atoms with van der Waals surface area (Å²) in [4.78, 5) is 25.5. The molecule has 1 unspecified atom stereocenters. The number of aromatic nitrogens is 1. The van der Waals surface area contributed by atoms with Gasteiger partial charge in [0, 0.05) is 10.8 Å². The summed E-state index contributed by atoms with van der Waals surface area (Å²) in [5.74, 6) is -0.223. The predicted molar refractivity (Wildman–Crippen MR) is 106 cm³/mol. The Labute approximate surface area is 156 Å². The average Bonchev–Trinajstić information content (AvgIpc) is 2.91. The molecule has 6 nitrogen and oxygen atoms in total. The van der Waals surface area contributed by atoms with E-state index in [4.69, 9.17) is 0 Å². The number of fused-ring (bicyclic) bond motifs is 2. The quantitative estimate of drug-likeness (QED) is 0.699. The van der Waals surface area contributed by atoms with Gasteiger partial charge in [-0.05, 0) is 37.6 Å². The highest BCUT2D eigenvalue weighted by atomic mass is 32.2. The van der Waals surface area contributed by atoms with Crippen molar-refractivity contribution < 1.29 is 13.2 Å². The van der Waals surface area contributed by atoms with Crippen LogP contribution >= 0.6 is 0 Å². The van der Waals surface area contributed by atoms with Crippen molar-refractivity contribution in [1.82, 2.24) is 9.88 Å². The molecule has 1 saturated heterocycles. The molecule has 1 N–H and O–H groups in total. The molecule has 1 fully saturated rings. The molecule has 0 bridgehead atoms. The highest BCUT2D eigenvalue weighted by Crippen LogP contribution is 2.23. The maximum absolute atomic E-state index is 12.8. The van der Waals surface area contributed by atoms with Crippen molar-refractivity contribution in [3.63, 3.8) is 0 Å². The van der Waals surface area contributed by atoms with E-state index in [2.05, 4.69) is 5.32 Å². The maximum Gasteiger partial charge on any atom is 0.240 e. The van der Waals surface area contributed by atoms with Crippen molar-refractivity contribution >= 4 is 37.6 Å². The number of para-hydroxylation sites is 2. The molecule has 27 heavy (non-hydrogen) atoms. The van der Waals surface area contributed by atoms with Crippen LogP contribution in [-0.2, 0) is 21.2 Å². The topological polar surface area (TPSA) is 85.2 Å². The highest BCUT2D eigenvalue weighted by Gasteiger charge is 2.39. The van der Waals surface area contributed by atoms with Crippen LogP contribution in [0.5, 0.6) is 0 Å². The fraction of sp³-hybridized carbons (Fsp3) is 0.300. The molecular formula is C20H20N2O4S. The second-order valence-electron chi connectivity index (χ2n) is 7.40. The molecule has 4 rings (SSSR count). The van der Waals surface area contributed by atoms with E-state index in [-0.39, 0.29) is 29.4 Å². The zero-order valence-corrected chi connectivity index (χ0v) is 15.8. The second-order valence-corrected chi connectivity index (χ2v) is 9.58. The van der Waals surface area contributed by atoms with Crippen LogP contribution in [0, 0.1) is 0 Å². The minimum Gasteiger partial charge on any atom is -0.348 e. The molecule has 2 aromatic carbocycles. The minimum absolute atomic E-state index is 0.0109. The molecule has 1 atom stereocenters. The lowest BCUT2D eigenvalue weighted by atomic mass is 10.0. The van der Waals surface area contributed by atoms with Crippen molar-refractivity contribution in [3.05, 3.63) is 58.8 Å². The van der Waals surface area contributed by atoms with Gasteiger partial charge in [0.25, 0.3) is 0 Å². The summed E-state index contributed by atoms with van der Waals surface area (Å²) in [5, 5.41) is 3.99. The third kappa shape index (κ3) is 3.23. The Bertz CT molecular complexity index is 1170. The van der Waals surface area contributed by atoms with Crippen LogP contribution in [0.3, 0.4) is 0 Å². The Morgan fingerprint density at radius 3 is 2.15 bits per heavy atom. The van der Waals surface area contributed by atoms with Crippen molar-refractivity contribution in [2.75, 3.05) is 11.5 Å². The van der Waals surface area contributed by atoms with Gasteiger partial charge in [-0.15, -0.1) is 0 Å². The first-order chi connectivity index (χ1) is 12.8. The molecule has 3 aromatic rings. The number of carbonyl (C=O) groups excluding carboxylic acids is 1. The van der Waals surface area contributed by atoms with E-state index >= 15 is 0 Å². The number of amides is 1. The minimum atomic E-state index is -3.11. The van der Waals surface area contributed by atoms with Crippen LogP contribution < -0.4 is 10.7 Å². The first-order valence-electron chi connectivity index (χ1n) is 8.80. The van der Waals surface area contributed by atoms with Gasteiger partial charge < -0.3 is 9.88 Å². The SMILES string of the molecule is CC1(NC(=O)Cn2c3ccccc3c(=O)c3ccccc32)CCS(=O)(=O)C1. The Morgan fingerprint density at radius 2 is 1.63 bits per heavy atom. The van der Waals surface area contributed by atoms with Gasteiger partial charge in [0.2, 0.25) is 5.91 Å². The molecule has 1 aliphatic rings. The van der Waals surface area contributed by atoms with Gasteiger partial charge >= 0.3 is 0 Å². The molecule has 0 radical (unpaired) electrons. The van der Waals surface area contributed by atoms with E-state index in [9.17, 15) is 18.0 Å². The molecule has 1 aromatic heterocycles. The fourth-order valence-corrected chi connectivity index (χ4v) is 5.97. The van der Waals surface area contributed by atoms with Crippen LogP contribution in [0.15, 0.2) is 53.3 Å². The third-order valence-electron chi connectivity index (χ3n) is 5.13. The normalized spacial score (nSPS) is 21.5. The van der Waals surface area contributed by atoms with Gasteiger partial charge in [-0.1, -0.05) is 24.3 Å². The number of hydrogen-bond donors (Lipinski definition) is 1. The van der Waals surface area contributed by atoms with Crippen LogP contribution in [0.4, 0.5) is 0 Å². The lowest BCUT2D eigenvalue weighted by Crippen LogP contribution is -2.48. The summed E-state index contributed by atoms with van der Waals surface area (Å²) in [6.07, 6.45) is 0.409. The molecule has 1 amide bonds. The average molecular weight is 384 g/mol. The van der Waals surface area contributed by atoms with E-state index in [1.54, 1.807) is 31.2 Å². The summed E-state index contributed by atoms with van der Waals surface area (Å²) in [5.41, 5.74) is 0.549. The fourth-order valence-electron chi connectivity index (χ4n) is 3.88. The smallest absolute Gasteiger partial charge is 0.240 e.